The predicted octanol–water partition coefficient (Wildman–Crippen LogP) is 4.30. The molecule has 1 saturated heterocycles. The second kappa shape index (κ2) is 11.1. The molecule has 1 heterocycles. The summed E-state index contributed by atoms with van der Waals surface area (Å²) in [4.78, 5) is 19.9. The van der Waals surface area contributed by atoms with Gasteiger partial charge in [-0.2, -0.15) is 0 Å². The quantitative estimate of drug-likeness (QED) is 0.215. The number of carbonyl (C=O) groups excluding carboxylic acids is 1. The van der Waals surface area contributed by atoms with Crippen molar-refractivity contribution in [3.63, 3.8) is 0 Å². The number of carbonyl (C=O) groups is 1. The van der Waals surface area contributed by atoms with Gasteiger partial charge in [-0.05, 0) is 76.3 Å². The average molecular weight is 525 g/mol. The fraction of sp³-hybridized carbons (Fsp3) is 0.345. The van der Waals surface area contributed by atoms with Crippen molar-refractivity contribution in [3.05, 3.63) is 92.4 Å². The van der Waals surface area contributed by atoms with Crippen LogP contribution >= 0.6 is 0 Å². The SMILES string of the molecule is Cc1c(CN2CCN(C(=O)OCC3c4ccccc4-c4ccccc43)CC2)c(C)c(B(O)O)c(C)c1N=[N+]=[N-]. The molecule has 0 saturated carbocycles. The molecule has 0 unspecified atom stereocenters. The molecule has 0 radical (unpaired) electrons. The largest absolute Gasteiger partial charge is 0.488 e. The van der Waals surface area contributed by atoms with Crippen LogP contribution in [0.5, 0.6) is 0 Å². The molecule has 39 heavy (non-hydrogen) atoms. The van der Waals surface area contributed by atoms with E-state index in [4.69, 9.17) is 10.3 Å². The van der Waals surface area contributed by atoms with Crippen LogP contribution in [-0.2, 0) is 11.3 Å². The van der Waals surface area contributed by atoms with Crippen LogP contribution in [0.4, 0.5) is 10.5 Å². The highest BCUT2D eigenvalue weighted by Gasteiger charge is 2.31. The molecule has 200 valence electrons. The van der Waals surface area contributed by atoms with Crippen molar-refractivity contribution in [1.82, 2.24) is 9.80 Å². The molecule has 10 heteroatoms. The summed E-state index contributed by atoms with van der Waals surface area (Å²) in [6, 6.07) is 16.6. The van der Waals surface area contributed by atoms with Gasteiger partial charge >= 0.3 is 13.2 Å². The zero-order chi connectivity index (χ0) is 27.7. The zero-order valence-corrected chi connectivity index (χ0v) is 22.5. The number of hydrogen-bond donors (Lipinski definition) is 2. The molecule has 0 aromatic heterocycles. The molecule has 3 aromatic rings. The summed E-state index contributed by atoms with van der Waals surface area (Å²) in [5.74, 6) is 0.0245. The lowest BCUT2D eigenvalue weighted by atomic mass is 9.71. The molecule has 1 aliphatic carbocycles. The molecular formula is C29H32BN5O4. The molecule has 0 atom stereocenters. The lowest BCUT2D eigenvalue weighted by Gasteiger charge is -2.35. The molecule has 1 amide bonds. The maximum absolute atomic E-state index is 13.0. The molecular weight excluding hydrogens is 493 g/mol. The monoisotopic (exact) mass is 525 g/mol. The zero-order valence-electron chi connectivity index (χ0n) is 22.5. The molecule has 2 N–H and O–H groups in total. The minimum atomic E-state index is -1.66. The normalized spacial score (nSPS) is 14.9. The Labute approximate surface area is 228 Å². The van der Waals surface area contributed by atoms with Gasteiger partial charge in [0, 0.05) is 49.2 Å². The van der Waals surface area contributed by atoms with Crippen LogP contribution in [-0.4, -0.2) is 65.8 Å². The Kier molecular flexibility index (Phi) is 7.64. The van der Waals surface area contributed by atoms with E-state index in [1.807, 2.05) is 38.1 Å². The Bertz CT molecular complexity index is 1420. The Morgan fingerprint density at radius 2 is 1.56 bits per heavy atom. The molecule has 3 aromatic carbocycles. The maximum Gasteiger partial charge on any atom is 0.488 e. The number of amides is 1. The van der Waals surface area contributed by atoms with Gasteiger partial charge < -0.3 is 19.7 Å². The summed E-state index contributed by atoms with van der Waals surface area (Å²) in [5, 5.41) is 23.8. The van der Waals surface area contributed by atoms with E-state index in [1.165, 1.54) is 22.3 Å². The van der Waals surface area contributed by atoms with Crippen molar-refractivity contribution in [1.29, 1.82) is 0 Å². The fourth-order valence-electron chi connectivity index (χ4n) is 6.09. The van der Waals surface area contributed by atoms with Crippen LogP contribution < -0.4 is 5.46 Å². The van der Waals surface area contributed by atoms with E-state index in [0.717, 1.165) is 16.7 Å². The minimum Gasteiger partial charge on any atom is -0.448 e. The maximum atomic E-state index is 13.0. The molecule has 0 spiro atoms. The van der Waals surface area contributed by atoms with Gasteiger partial charge in [0.15, 0.2) is 0 Å². The Morgan fingerprint density at radius 3 is 2.13 bits per heavy atom. The van der Waals surface area contributed by atoms with Crippen LogP contribution in [0, 0.1) is 20.8 Å². The van der Waals surface area contributed by atoms with Crippen molar-refractivity contribution >= 4 is 24.4 Å². The third kappa shape index (κ3) is 5.00. The Balaban J connectivity index is 1.23. The topological polar surface area (TPSA) is 122 Å². The average Bonchev–Trinajstić information content (AvgIpc) is 3.26. The summed E-state index contributed by atoms with van der Waals surface area (Å²) in [7, 11) is -1.66. The van der Waals surface area contributed by atoms with Gasteiger partial charge in [0.25, 0.3) is 0 Å². The summed E-state index contributed by atoms with van der Waals surface area (Å²) in [5.41, 5.74) is 17.7. The van der Waals surface area contributed by atoms with Crippen LogP contribution in [0.25, 0.3) is 21.6 Å². The number of piperazine rings is 1. The van der Waals surface area contributed by atoms with Gasteiger partial charge in [0.1, 0.15) is 6.61 Å². The molecule has 2 aliphatic rings. The number of benzene rings is 3. The van der Waals surface area contributed by atoms with Gasteiger partial charge in [0.05, 0.1) is 0 Å². The van der Waals surface area contributed by atoms with Gasteiger partial charge in [-0.1, -0.05) is 53.6 Å². The van der Waals surface area contributed by atoms with E-state index in [9.17, 15) is 14.8 Å². The lowest BCUT2D eigenvalue weighted by Crippen LogP contribution is -2.49. The Morgan fingerprint density at radius 1 is 0.974 bits per heavy atom. The van der Waals surface area contributed by atoms with E-state index in [1.54, 1.807) is 11.8 Å². The van der Waals surface area contributed by atoms with E-state index >= 15 is 0 Å². The number of nitrogens with zero attached hydrogens (tertiary/aromatic N) is 5. The van der Waals surface area contributed by atoms with Gasteiger partial charge in [-0.25, -0.2) is 4.79 Å². The molecule has 0 bridgehead atoms. The number of hydrogen-bond acceptors (Lipinski definition) is 6. The number of rotatable bonds is 6. The van der Waals surface area contributed by atoms with Crippen LogP contribution in [0.3, 0.4) is 0 Å². The fourth-order valence-corrected chi connectivity index (χ4v) is 6.09. The van der Waals surface area contributed by atoms with Gasteiger partial charge in [-0.3, -0.25) is 4.90 Å². The highest BCUT2D eigenvalue weighted by atomic mass is 16.6. The van der Waals surface area contributed by atoms with Crippen molar-refractivity contribution < 1.29 is 19.6 Å². The predicted molar refractivity (Wildman–Crippen MR) is 151 cm³/mol. The second-order valence-electron chi connectivity index (χ2n) is 10.2. The first-order valence-corrected chi connectivity index (χ1v) is 13.2. The lowest BCUT2D eigenvalue weighted by molar-refractivity contribution is 0.0727. The van der Waals surface area contributed by atoms with Gasteiger partial charge in [-0.15, -0.1) is 0 Å². The molecule has 1 fully saturated rings. The second-order valence-corrected chi connectivity index (χ2v) is 10.2. The van der Waals surface area contributed by atoms with Crippen LogP contribution in [0.15, 0.2) is 53.6 Å². The van der Waals surface area contributed by atoms with Crippen molar-refractivity contribution in [3.8, 4) is 11.1 Å². The van der Waals surface area contributed by atoms with Crippen LogP contribution in [0.1, 0.15) is 39.3 Å². The van der Waals surface area contributed by atoms with E-state index in [2.05, 4.69) is 39.2 Å². The molecule has 9 nitrogen and oxygen atoms in total. The van der Waals surface area contributed by atoms with Crippen molar-refractivity contribution in [2.75, 3.05) is 32.8 Å². The summed E-state index contributed by atoms with van der Waals surface area (Å²) in [6.45, 7) is 8.66. The first-order valence-electron chi connectivity index (χ1n) is 13.2. The third-order valence-electron chi connectivity index (χ3n) is 8.17. The highest BCUT2D eigenvalue weighted by Crippen LogP contribution is 2.44. The summed E-state index contributed by atoms with van der Waals surface area (Å²) < 4.78 is 5.84. The van der Waals surface area contributed by atoms with Crippen molar-refractivity contribution in [2.24, 2.45) is 5.11 Å². The van der Waals surface area contributed by atoms with E-state index in [-0.39, 0.29) is 12.0 Å². The highest BCUT2D eigenvalue weighted by molar-refractivity contribution is 6.60. The number of fused-ring (bicyclic) bond motifs is 3. The summed E-state index contributed by atoms with van der Waals surface area (Å²) >= 11 is 0. The standard InChI is InChI=1S/C29H32BN5O4/c1-18-25(19(2)28(32-33-31)20(3)27(18)30(37)38)16-34-12-14-35(15-13-34)29(36)39-17-26-23-10-6-4-8-21(23)22-9-5-7-11-24(22)26/h4-11,26,37-38H,12-17H2,1-3H3. The van der Waals surface area contributed by atoms with E-state index < -0.39 is 7.12 Å². The van der Waals surface area contributed by atoms with E-state index in [0.29, 0.717) is 56.0 Å². The van der Waals surface area contributed by atoms with Crippen LogP contribution in [0.2, 0.25) is 0 Å². The first kappa shape index (κ1) is 26.8. The Hall–Kier alpha value is -3.82. The number of ether oxygens (including phenoxy) is 1. The summed E-state index contributed by atoms with van der Waals surface area (Å²) in [6.07, 6.45) is -0.310. The van der Waals surface area contributed by atoms with Crippen molar-refractivity contribution in [2.45, 2.75) is 33.2 Å². The molecule has 1 aliphatic heterocycles. The molecule has 5 rings (SSSR count). The minimum absolute atomic E-state index is 0.0245. The smallest absolute Gasteiger partial charge is 0.448 e. The van der Waals surface area contributed by atoms with Gasteiger partial charge in [0.2, 0.25) is 0 Å². The number of azide groups is 1. The first-order chi connectivity index (χ1) is 18.8. The third-order valence-corrected chi connectivity index (χ3v) is 8.17.